The van der Waals surface area contributed by atoms with E-state index >= 15 is 0 Å². The van der Waals surface area contributed by atoms with Crippen LogP contribution in [0.5, 0.6) is 0 Å². The van der Waals surface area contributed by atoms with E-state index in [4.69, 9.17) is 0 Å². The predicted molar refractivity (Wildman–Crippen MR) is 66.8 cm³/mol. The van der Waals surface area contributed by atoms with Gasteiger partial charge in [-0.05, 0) is 30.2 Å². The monoisotopic (exact) mass is 282 g/mol. The molecular formula is C15H10F4O. The summed E-state index contributed by atoms with van der Waals surface area (Å²) in [6.45, 7) is 1.33. The van der Waals surface area contributed by atoms with Crippen molar-refractivity contribution in [1.82, 2.24) is 0 Å². The number of carbonyl (C=O) groups is 1. The lowest BCUT2D eigenvalue weighted by atomic mass is 9.96. The SMILES string of the molecule is CC(=O)c1ccccc1-c1ccc(F)c(C(F)(F)F)c1. The molecule has 1 nitrogen and oxygen atoms in total. The van der Waals surface area contributed by atoms with E-state index in [1.54, 1.807) is 12.1 Å². The van der Waals surface area contributed by atoms with E-state index in [0.29, 0.717) is 11.1 Å². The molecule has 2 aromatic rings. The first kappa shape index (κ1) is 14.2. The summed E-state index contributed by atoms with van der Waals surface area (Å²) < 4.78 is 51.3. The molecular weight excluding hydrogens is 272 g/mol. The molecule has 2 rings (SSSR count). The van der Waals surface area contributed by atoms with Gasteiger partial charge in [0.1, 0.15) is 5.82 Å². The first-order chi connectivity index (χ1) is 9.30. The molecule has 0 spiro atoms. The zero-order valence-corrected chi connectivity index (χ0v) is 10.5. The van der Waals surface area contributed by atoms with Crippen molar-refractivity contribution in [2.45, 2.75) is 13.1 Å². The summed E-state index contributed by atoms with van der Waals surface area (Å²) >= 11 is 0. The molecule has 0 fully saturated rings. The van der Waals surface area contributed by atoms with Crippen LogP contribution in [0.25, 0.3) is 11.1 Å². The largest absolute Gasteiger partial charge is 0.419 e. The molecule has 0 heterocycles. The maximum Gasteiger partial charge on any atom is 0.419 e. The van der Waals surface area contributed by atoms with Crippen LogP contribution in [-0.2, 0) is 6.18 Å². The van der Waals surface area contributed by atoms with Crippen molar-refractivity contribution >= 4 is 5.78 Å². The summed E-state index contributed by atoms with van der Waals surface area (Å²) in [6.07, 6.45) is -4.77. The Morgan fingerprint density at radius 3 is 2.30 bits per heavy atom. The van der Waals surface area contributed by atoms with Gasteiger partial charge in [-0.25, -0.2) is 4.39 Å². The molecule has 0 amide bonds. The normalized spacial score (nSPS) is 11.4. The minimum absolute atomic E-state index is 0.157. The number of ketones is 1. The molecule has 5 heteroatoms. The lowest BCUT2D eigenvalue weighted by Crippen LogP contribution is -2.08. The molecule has 104 valence electrons. The Hall–Kier alpha value is -2.17. The number of Topliss-reactive ketones (excluding diaryl/α,β-unsaturated/α-hetero) is 1. The Labute approximate surface area is 112 Å². The molecule has 0 saturated carbocycles. The highest BCUT2D eigenvalue weighted by atomic mass is 19.4. The van der Waals surface area contributed by atoms with Gasteiger partial charge in [0.25, 0.3) is 0 Å². The number of benzene rings is 2. The molecule has 0 bridgehead atoms. The fraction of sp³-hybridized carbons (Fsp3) is 0.133. The Bertz CT molecular complexity index is 659. The lowest BCUT2D eigenvalue weighted by Gasteiger charge is -2.12. The van der Waals surface area contributed by atoms with Crippen molar-refractivity contribution in [2.24, 2.45) is 0 Å². The van der Waals surface area contributed by atoms with Crippen LogP contribution < -0.4 is 0 Å². The van der Waals surface area contributed by atoms with E-state index in [0.717, 1.165) is 12.1 Å². The highest BCUT2D eigenvalue weighted by molar-refractivity contribution is 6.00. The van der Waals surface area contributed by atoms with Gasteiger partial charge >= 0.3 is 6.18 Å². The maximum absolute atomic E-state index is 13.3. The van der Waals surface area contributed by atoms with Gasteiger partial charge in [0.2, 0.25) is 0 Å². The molecule has 0 N–H and O–H groups in total. The van der Waals surface area contributed by atoms with Crippen LogP contribution in [0, 0.1) is 5.82 Å². The van der Waals surface area contributed by atoms with Gasteiger partial charge in [-0.15, -0.1) is 0 Å². The Kier molecular flexibility index (Phi) is 3.61. The van der Waals surface area contributed by atoms with Crippen LogP contribution >= 0.6 is 0 Å². The molecule has 0 aliphatic heterocycles. The molecule has 0 unspecified atom stereocenters. The zero-order valence-electron chi connectivity index (χ0n) is 10.5. The summed E-state index contributed by atoms with van der Waals surface area (Å²) in [6, 6.07) is 8.99. The van der Waals surface area contributed by atoms with Gasteiger partial charge < -0.3 is 0 Å². The van der Waals surface area contributed by atoms with Crippen LogP contribution in [0.1, 0.15) is 22.8 Å². The Morgan fingerprint density at radius 1 is 1.05 bits per heavy atom. The topological polar surface area (TPSA) is 17.1 Å². The minimum Gasteiger partial charge on any atom is -0.294 e. The average Bonchev–Trinajstić information content (AvgIpc) is 2.38. The summed E-state index contributed by atoms with van der Waals surface area (Å²) in [5.41, 5.74) is -0.532. The van der Waals surface area contributed by atoms with Crippen LogP contribution in [0.15, 0.2) is 42.5 Å². The second-order valence-corrected chi connectivity index (χ2v) is 4.29. The van der Waals surface area contributed by atoms with Crippen molar-refractivity contribution in [3.63, 3.8) is 0 Å². The van der Waals surface area contributed by atoms with Gasteiger partial charge in [-0.1, -0.05) is 30.3 Å². The van der Waals surface area contributed by atoms with Gasteiger partial charge in [0.05, 0.1) is 5.56 Å². The smallest absolute Gasteiger partial charge is 0.294 e. The zero-order chi connectivity index (χ0) is 14.9. The second-order valence-electron chi connectivity index (χ2n) is 4.29. The van der Waals surface area contributed by atoms with Crippen LogP contribution in [-0.4, -0.2) is 5.78 Å². The number of rotatable bonds is 2. The minimum atomic E-state index is -4.77. The first-order valence-corrected chi connectivity index (χ1v) is 5.78. The van der Waals surface area contributed by atoms with Crippen molar-refractivity contribution in [3.8, 4) is 11.1 Å². The summed E-state index contributed by atoms with van der Waals surface area (Å²) in [5, 5.41) is 0. The number of halogens is 4. The molecule has 0 atom stereocenters. The van der Waals surface area contributed by atoms with Gasteiger partial charge in [0.15, 0.2) is 5.78 Å². The van der Waals surface area contributed by atoms with Crippen LogP contribution in [0.4, 0.5) is 17.6 Å². The van der Waals surface area contributed by atoms with Gasteiger partial charge in [-0.3, -0.25) is 4.79 Å². The summed E-state index contributed by atoms with van der Waals surface area (Å²) in [7, 11) is 0. The molecule has 20 heavy (non-hydrogen) atoms. The van der Waals surface area contributed by atoms with Gasteiger partial charge in [-0.2, -0.15) is 13.2 Å². The third kappa shape index (κ3) is 2.71. The molecule has 0 aromatic heterocycles. The number of hydrogen-bond donors (Lipinski definition) is 0. The first-order valence-electron chi connectivity index (χ1n) is 5.78. The Balaban J connectivity index is 2.63. The second kappa shape index (κ2) is 5.07. The third-order valence-corrected chi connectivity index (χ3v) is 2.89. The summed E-state index contributed by atoms with van der Waals surface area (Å²) in [5.74, 6) is -1.60. The average molecular weight is 282 g/mol. The molecule has 0 aliphatic carbocycles. The summed E-state index contributed by atoms with van der Waals surface area (Å²) in [4.78, 5) is 11.5. The molecule has 0 radical (unpaired) electrons. The van der Waals surface area contributed by atoms with Crippen LogP contribution in [0.3, 0.4) is 0 Å². The molecule has 2 aromatic carbocycles. The fourth-order valence-electron chi connectivity index (χ4n) is 1.95. The number of carbonyl (C=O) groups excluding carboxylic acids is 1. The van der Waals surface area contributed by atoms with E-state index in [2.05, 4.69) is 0 Å². The standard InChI is InChI=1S/C15H10F4O/c1-9(20)11-4-2-3-5-12(11)10-6-7-14(16)13(8-10)15(17,18)19/h2-8H,1H3. The van der Waals surface area contributed by atoms with Crippen LogP contribution in [0.2, 0.25) is 0 Å². The van der Waals surface area contributed by atoms with E-state index in [1.165, 1.54) is 25.1 Å². The van der Waals surface area contributed by atoms with E-state index in [1.807, 2.05) is 0 Å². The van der Waals surface area contributed by atoms with Gasteiger partial charge in [0, 0.05) is 5.56 Å². The van der Waals surface area contributed by atoms with Crippen molar-refractivity contribution in [3.05, 3.63) is 59.4 Å². The number of hydrogen-bond acceptors (Lipinski definition) is 1. The highest BCUT2D eigenvalue weighted by Crippen LogP contribution is 2.35. The van der Waals surface area contributed by atoms with Crippen molar-refractivity contribution in [2.75, 3.05) is 0 Å². The lowest BCUT2D eigenvalue weighted by molar-refractivity contribution is -0.139. The van der Waals surface area contributed by atoms with Crippen molar-refractivity contribution < 1.29 is 22.4 Å². The fourth-order valence-corrected chi connectivity index (χ4v) is 1.95. The third-order valence-electron chi connectivity index (χ3n) is 2.89. The Morgan fingerprint density at radius 2 is 1.70 bits per heavy atom. The molecule has 0 aliphatic rings. The van der Waals surface area contributed by atoms with E-state index in [9.17, 15) is 22.4 Å². The quantitative estimate of drug-likeness (QED) is 0.575. The highest BCUT2D eigenvalue weighted by Gasteiger charge is 2.34. The van der Waals surface area contributed by atoms with E-state index in [-0.39, 0.29) is 11.3 Å². The predicted octanol–water partition coefficient (Wildman–Crippen LogP) is 4.71. The maximum atomic E-state index is 13.3. The molecule has 0 saturated heterocycles. The van der Waals surface area contributed by atoms with Crippen molar-refractivity contribution in [1.29, 1.82) is 0 Å². The van der Waals surface area contributed by atoms with E-state index < -0.39 is 17.6 Å². The number of alkyl halides is 3.